The van der Waals surface area contributed by atoms with Crippen LogP contribution in [-0.2, 0) is 14.8 Å². The van der Waals surface area contributed by atoms with Crippen LogP contribution in [0.25, 0.3) is 0 Å². The van der Waals surface area contributed by atoms with Crippen LogP contribution in [0.1, 0.15) is 0 Å². The molecule has 1 amide bonds. The van der Waals surface area contributed by atoms with Crippen LogP contribution in [0, 0.1) is 11.6 Å². The lowest BCUT2D eigenvalue weighted by Crippen LogP contribution is -2.35. The van der Waals surface area contributed by atoms with Gasteiger partial charge in [0.05, 0.1) is 16.5 Å². The third kappa shape index (κ3) is 4.28. The molecule has 0 unspecified atom stereocenters. The van der Waals surface area contributed by atoms with Crippen molar-refractivity contribution >= 4 is 33.2 Å². The first-order valence-corrected chi connectivity index (χ1v) is 8.49. The van der Waals surface area contributed by atoms with Crippen LogP contribution < -0.4 is 5.32 Å². The first-order valence-electron chi connectivity index (χ1n) is 6.67. The average molecular weight is 375 g/mol. The van der Waals surface area contributed by atoms with Gasteiger partial charge in [0.25, 0.3) is 0 Å². The van der Waals surface area contributed by atoms with Crippen LogP contribution in [0.5, 0.6) is 0 Å². The molecule has 0 saturated heterocycles. The molecule has 0 heterocycles. The molecule has 1 N–H and O–H groups in total. The smallest absolute Gasteiger partial charge is 0.243 e. The van der Waals surface area contributed by atoms with E-state index in [1.165, 1.54) is 19.2 Å². The molecule has 0 atom stereocenters. The Bertz CT molecular complexity index is 858. The Hall–Kier alpha value is -2.03. The number of nitrogens with zero attached hydrogens (tertiary/aromatic N) is 1. The molecule has 5 nitrogen and oxygen atoms in total. The van der Waals surface area contributed by atoms with Crippen LogP contribution in [0.15, 0.2) is 47.4 Å². The molecule has 2 aromatic rings. The van der Waals surface area contributed by atoms with Crippen molar-refractivity contribution in [2.75, 3.05) is 18.9 Å². The molecule has 0 spiro atoms. The summed E-state index contributed by atoms with van der Waals surface area (Å²) in [7, 11) is -2.81. The van der Waals surface area contributed by atoms with Crippen molar-refractivity contribution in [3.63, 3.8) is 0 Å². The third-order valence-electron chi connectivity index (χ3n) is 3.09. The van der Waals surface area contributed by atoms with Gasteiger partial charge >= 0.3 is 0 Å². The number of carbonyl (C=O) groups excluding carboxylic acids is 1. The molecular formula is C15H13ClF2N2O3S. The van der Waals surface area contributed by atoms with Crippen LogP contribution in [0.4, 0.5) is 14.5 Å². The summed E-state index contributed by atoms with van der Waals surface area (Å²) in [5.74, 6) is -1.81. The van der Waals surface area contributed by atoms with Gasteiger partial charge in [0, 0.05) is 12.7 Å². The van der Waals surface area contributed by atoms with Gasteiger partial charge in [0.2, 0.25) is 15.9 Å². The average Bonchev–Trinajstić information content (AvgIpc) is 2.52. The van der Waals surface area contributed by atoms with Crippen LogP contribution >= 0.6 is 11.6 Å². The highest BCUT2D eigenvalue weighted by atomic mass is 35.5. The number of amides is 1. The fourth-order valence-electron chi connectivity index (χ4n) is 1.84. The number of sulfonamides is 1. The molecule has 2 aromatic carbocycles. The predicted octanol–water partition coefficient (Wildman–Crippen LogP) is 2.88. The van der Waals surface area contributed by atoms with Gasteiger partial charge in [-0.05, 0) is 42.5 Å². The molecule has 2 rings (SSSR count). The summed E-state index contributed by atoms with van der Waals surface area (Å²) in [5, 5.41) is 2.11. The Kier molecular flexibility index (Phi) is 5.53. The van der Waals surface area contributed by atoms with Crippen molar-refractivity contribution < 1.29 is 22.0 Å². The van der Waals surface area contributed by atoms with E-state index in [0.717, 1.165) is 34.6 Å². The molecule has 0 saturated carbocycles. The number of nitrogens with one attached hydrogen (secondary N) is 1. The van der Waals surface area contributed by atoms with Crippen molar-refractivity contribution in [3.8, 4) is 0 Å². The highest BCUT2D eigenvalue weighted by Gasteiger charge is 2.24. The maximum Gasteiger partial charge on any atom is 0.243 e. The van der Waals surface area contributed by atoms with Crippen molar-refractivity contribution in [1.82, 2.24) is 4.31 Å². The number of hydrogen-bond acceptors (Lipinski definition) is 3. The van der Waals surface area contributed by atoms with E-state index in [4.69, 9.17) is 11.6 Å². The van der Waals surface area contributed by atoms with Gasteiger partial charge in [-0.15, -0.1) is 0 Å². The van der Waals surface area contributed by atoms with E-state index in [0.29, 0.717) is 5.69 Å². The molecule has 0 aliphatic carbocycles. The standard InChI is InChI=1S/C15H13ClF2N2O3S/c1-20(9-15(21)19-11-4-2-10(17)3-5-11)24(22,23)12-6-7-14(18)13(16)8-12/h2-8H,9H2,1H3,(H,19,21). The number of likely N-dealkylation sites (N-methyl/N-ethyl adjacent to an activating group) is 1. The summed E-state index contributed by atoms with van der Waals surface area (Å²) in [5.41, 5.74) is 0.331. The van der Waals surface area contributed by atoms with E-state index in [-0.39, 0.29) is 9.92 Å². The first kappa shape index (κ1) is 18.3. The summed E-state index contributed by atoms with van der Waals surface area (Å²) in [6.45, 7) is -0.477. The van der Waals surface area contributed by atoms with E-state index in [9.17, 15) is 22.0 Å². The fraction of sp³-hybridized carbons (Fsp3) is 0.133. The van der Waals surface area contributed by atoms with E-state index >= 15 is 0 Å². The van der Waals surface area contributed by atoms with Crippen molar-refractivity contribution in [2.45, 2.75) is 4.90 Å². The molecule has 0 bridgehead atoms. The van der Waals surface area contributed by atoms with Crippen LogP contribution in [0.2, 0.25) is 5.02 Å². The molecular weight excluding hydrogens is 362 g/mol. The first-order chi connectivity index (χ1) is 11.2. The maximum absolute atomic E-state index is 13.1. The molecule has 0 aliphatic rings. The summed E-state index contributed by atoms with van der Waals surface area (Å²) >= 11 is 5.58. The van der Waals surface area contributed by atoms with Crippen molar-refractivity contribution in [1.29, 1.82) is 0 Å². The van der Waals surface area contributed by atoms with Crippen molar-refractivity contribution in [2.24, 2.45) is 0 Å². The SMILES string of the molecule is CN(CC(=O)Nc1ccc(F)cc1)S(=O)(=O)c1ccc(F)c(Cl)c1. The van der Waals surface area contributed by atoms with E-state index in [2.05, 4.69) is 5.32 Å². The monoisotopic (exact) mass is 374 g/mol. The van der Waals surface area contributed by atoms with Gasteiger partial charge in [-0.1, -0.05) is 11.6 Å². The lowest BCUT2D eigenvalue weighted by Gasteiger charge is -2.17. The zero-order chi connectivity index (χ0) is 17.9. The fourth-order valence-corrected chi connectivity index (χ4v) is 3.24. The second-order valence-corrected chi connectivity index (χ2v) is 7.34. The topological polar surface area (TPSA) is 66.5 Å². The zero-order valence-corrected chi connectivity index (χ0v) is 14.0. The summed E-state index contributed by atoms with van der Waals surface area (Å²) in [4.78, 5) is 11.7. The second kappa shape index (κ2) is 7.25. The normalized spacial score (nSPS) is 11.5. The molecule has 128 valence electrons. The highest BCUT2D eigenvalue weighted by molar-refractivity contribution is 7.89. The number of carbonyl (C=O) groups is 1. The minimum Gasteiger partial charge on any atom is -0.325 e. The van der Waals surface area contributed by atoms with E-state index in [1.807, 2.05) is 0 Å². The van der Waals surface area contributed by atoms with Gasteiger partial charge in [-0.25, -0.2) is 17.2 Å². The van der Waals surface area contributed by atoms with Crippen LogP contribution in [-0.4, -0.2) is 32.2 Å². The Labute approximate surface area is 142 Å². The summed E-state index contributed by atoms with van der Waals surface area (Å²) < 4.78 is 51.4. The minimum absolute atomic E-state index is 0.231. The predicted molar refractivity (Wildman–Crippen MR) is 86.3 cm³/mol. The summed E-state index contributed by atoms with van der Waals surface area (Å²) in [6, 6.07) is 7.99. The Morgan fingerprint density at radius 3 is 2.38 bits per heavy atom. The second-order valence-electron chi connectivity index (χ2n) is 4.89. The number of halogens is 3. The lowest BCUT2D eigenvalue weighted by atomic mass is 10.3. The van der Waals surface area contributed by atoms with Gasteiger partial charge in [0.1, 0.15) is 11.6 Å². The quantitative estimate of drug-likeness (QED) is 0.875. The Morgan fingerprint density at radius 1 is 1.17 bits per heavy atom. The summed E-state index contributed by atoms with van der Waals surface area (Å²) in [6.07, 6.45) is 0. The third-order valence-corrected chi connectivity index (χ3v) is 5.18. The van der Waals surface area contributed by atoms with E-state index < -0.39 is 34.1 Å². The molecule has 0 aliphatic heterocycles. The maximum atomic E-state index is 13.1. The molecule has 0 fully saturated rings. The highest BCUT2D eigenvalue weighted by Crippen LogP contribution is 2.21. The van der Waals surface area contributed by atoms with Crippen molar-refractivity contribution in [3.05, 3.63) is 59.1 Å². The largest absolute Gasteiger partial charge is 0.325 e. The van der Waals surface area contributed by atoms with Crippen LogP contribution in [0.3, 0.4) is 0 Å². The molecule has 0 radical (unpaired) electrons. The Balaban J connectivity index is 2.09. The number of rotatable bonds is 5. The van der Waals surface area contributed by atoms with Gasteiger partial charge < -0.3 is 5.32 Å². The molecule has 9 heteroatoms. The zero-order valence-electron chi connectivity index (χ0n) is 12.5. The van der Waals surface area contributed by atoms with Gasteiger partial charge in [-0.3, -0.25) is 4.79 Å². The number of hydrogen-bond donors (Lipinski definition) is 1. The number of anilines is 1. The number of benzene rings is 2. The Morgan fingerprint density at radius 2 is 1.79 bits per heavy atom. The molecule has 0 aromatic heterocycles. The minimum atomic E-state index is -4.01. The van der Waals surface area contributed by atoms with Gasteiger partial charge in [0.15, 0.2) is 0 Å². The lowest BCUT2D eigenvalue weighted by molar-refractivity contribution is -0.116. The molecule has 24 heavy (non-hydrogen) atoms. The van der Waals surface area contributed by atoms with E-state index in [1.54, 1.807) is 0 Å². The van der Waals surface area contributed by atoms with Gasteiger partial charge in [-0.2, -0.15) is 4.31 Å².